The molecular formula is C10H12N2O2. The zero-order chi connectivity index (χ0) is 9.97. The SMILES string of the molecule is O=[N+]([O-])c1ccc(C[C@@H]2CCN2)cc1. The van der Waals surface area contributed by atoms with Crippen molar-refractivity contribution in [2.24, 2.45) is 0 Å². The average Bonchev–Trinajstić information content (AvgIpc) is 2.12. The van der Waals surface area contributed by atoms with Crippen LogP contribution >= 0.6 is 0 Å². The first-order chi connectivity index (χ1) is 6.75. The van der Waals surface area contributed by atoms with Crippen LogP contribution < -0.4 is 5.32 Å². The molecule has 1 N–H and O–H groups in total. The summed E-state index contributed by atoms with van der Waals surface area (Å²) in [5.74, 6) is 0. The summed E-state index contributed by atoms with van der Waals surface area (Å²) < 4.78 is 0. The molecule has 0 saturated carbocycles. The standard InChI is InChI=1S/C10H12N2O2/c13-12(14)10-3-1-8(2-4-10)7-9-5-6-11-9/h1-4,9,11H,5-7H2/t9-/m0/s1. The number of rotatable bonds is 3. The number of nitrogens with zero attached hydrogens (tertiary/aromatic N) is 1. The van der Waals surface area contributed by atoms with Gasteiger partial charge in [0.2, 0.25) is 0 Å². The molecular weight excluding hydrogens is 180 g/mol. The lowest BCUT2D eigenvalue weighted by Crippen LogP contribution is -2.44. The third-order valence-electron chi connectivity index (χ3n) is 2.56. The van der Waals surface area contributed by atoms with E-state index in [1.54, 1.807) is 12.1 Å². The molecule has 2 rings (SSSR count). The second kappa shape index (κ2) is 3.75. The van der Waals surface area contributed by atoms with Crippen molar-refractivity contribution in [2.45, 2.75) is 18.9 Å². The zero-order valence-corrected chi connectivity index (χ0v) is 7.77. The summed E-state index contributed by atoms with van der Waals surface area (Å²) >= 11 is 0. The van der Waals surface area contributed by atoms with Crippen molar-refractivity contribution >= 4 is 5.69 Å². The fourth-order valence-electron chi connectivity index (χ4n) is 1.56. The van der Waals surface area contributed by atoms with Crippen LogP contribution in [0.5, 0.6) is 0 Å². The van der Waals surface area contributed by atoms with E-state index < -0.39 is 0 Å². The molecule has 1 aliphatic rings. The van der Waals surface area contributed by atoms with Gasteiger partial charge in [-0.2, -0.15) is 0 Å². The average molecular weight is 192 g/mol. The second-order valence-corrected chi connectivity index (χ2v) is 3.57. The lowest BCUT2D eigenvalue weighted by atomic mass is 9.98. The summed E-state index contributed by atoms with van der Waals surface area (Å²) in [4.78, 5) is 10.0. The number of nitrogens with one attached hydrogen (secondary N) is 1. The van der Waals surface area contributed by atoms with Crippen LogP contribution in [0.4, 0.5) is 5.69 Å². The van der Waals surface area contributed by atoms with Gasteiger partial charge in [-0.05, 0) is 24.9 Å². The summed E-state index contributed by atoms with van der Waals surface area (Å²) in [5, 5.41) is 13.7. The minimum absolute atomic E-state index is 0.162. The molecule has 0 radical (unpaired) electrons. The summed E-state index contributed by atoms with van der Waals surface area (Å²) in [6.07, 6.45) is 2.18. The third-order valence-corrected chi connectivity index (χ3v) is 2.56. The lowest BCUT2D eigenvalue weighted by molar-refractivity contribution is -0.384. The van der Waals surface area contributed by atoms with Crippen LogP contribution in [0, 0.1) is 10.1 Å². The van der Waals surface area contributed by atoms with Crippen LogP contribution in [-0.4, -0.2) is 17.5 Å². The van der Waals surface area contributed by atoms with E-state index >= 15 is 0 Å². The Hall–Kier alpha value is -1.42. The van der Waals surface area contributed by atoms with Gasteiger partial charge < -0.3 is 5.32 Å². The van der Waals surface area contributed by atoms with Crippen LogP contribution in [0.25, 0.3) is 0 Å². The molecule has 0 spiro atoms. The zero-order valence-electron chi connectivity index (χ0n) is 7.77. The molecule has 0 unspecified atom stereocenters. The molecule has 1 aromatic rings. The number of nitro groups is 1. The maximum atomic E-state index is 10.4. The van der Waals surface area contributed by atoms with Gasteiger partial charge in [0, 0.05) is 18.2 Å². The first-order valence-electron chi connectivity index (χ1n) is 4.72. The van der Waals surface area contributed by atoms with Crippen LogP contribution in [0.1, 0.15) is 12.0 Å². The monoisotopic (exact) mass is 192 g/mol. The Balaban J connectivity index is 2.01. The molecule has 1 fully saturated rings. The lowest BCUT2D eigenvalue weighted by Gasteiger charge is -2.27. The molecule has 0 aromatic heterocycles. The Morgan fingerprint density at radius 2 is 2.07 bits per heavy atom. The maximum absolute atomic E-state index is 10.4. The van der Waals surface area contributed by atoms with Crippen molar-refractivity contribution in [3.8, 4) is 0 Å². The van der Waals surface area contributed by atoms with Crippen molar-refractivity contribution in [3.63, 3.8) is 0 Å². The maximum Gasteiger partial charge on any atom is 0.269 e. The normalized spacial score (nSPS) is 20.1. The number of benzene rings is 1. The van der Waals surface area contributed by atoms with E-state index in [1.807, 2.05) is 12.1 Å². The van der Waals surface area contributed by atoms with Crippen molar-refractivity contribution in [2.75, 3.05) is 6.54 Å². The smallest absolute Gasteiger partial charge is 0.269 e. The number of hydrogen-bond donors (Lipinski definition) is 1. The molecule has 1 atom stereocenters. The predicted molar refractivity (Wildman–Crippen MR) is 53.2 cm³/mol. The summed E-state index contributed by atoms with van der Waals surface area (Å²) in [6.45, 7) is 1.09. The molecule has 1 saturated heterocycles. The summed E-state index contributed by atoms with van der Waals surface area (Å²) in [5.41, 5.74) is 1.32. The molecule has 4 heteroatoms. The number of non-ortho nitro benzene ring substituents is 1. The second-order valence-electron chi connectivity index (χ2n) is 3.57. The van der Waals surface area contributed by atoms with Gasteiger partial charge >= 0.3 is 0 Å². The Kier molecular flexibility index (Phi) is 2.45. The van der Waals surface area contributed by atoms with Crippen LogP contribution in [-0.2, 0) is 6.42 Å². The first-order valence-corrected chi connectivity index (χ1v) is 4.72. The molecule has 4 nitrogen and oxygen atoms in total. The molecule has 74 valence electrons. The van der Waals surface area contributed by atoms with Crippen LogP contribution in [0.3, 0.4) is 0 Å². The molecule has 14 heavy (non-hydrogen) atoms. The van der Waals surface area contributed by atoms with Crippen molar-refractivity contribution in [3.05, 3.63) is 39.9 Å². The highest BCUT2D eigenvalue weighted by Crippen LogP contribution is 2.15. The molecule has 0 amide bonds. The number of hydrogen-bond acceptors (Lipinski definition) is 3. The van der Waals surface area contributed by atoms with Gasteiger partial charge in [0.05, 0.1) is 4.92 Å². The van der Waals surface area contributed by atoms with Gasteiger partial charge in [0.15, 0.2) is 0 Å². The van der Waals surface area contributed by atoms with Gasteiger partial charge in [0.25, 0.3) is 5.69 Å². The minimum Gasteiger partial charge on any atom is -0.314 e. The Labute approximate surface area is 82.1 Å². The Morgan fingerprint density at radius 3 is 2.50 bits per heavy atom. The van der Waals surface area contributed by atoms with E-state index in [0.29, 0.717) is 6.04 Å². The molecule has 0 aliphatic carbocycles. The minimum atomic E-state index is -0.370. The number of nitro benzene ring substituents is 1. The fourth-order valence-corrected chi connectivity index (χ4v) is 1.56. The Bertz CT molecular complexity index is 330. The first kappa shape index (κ1) is 9.15. The van der Waals surface area contributed by atoms with E-state index in [-0.39, 0.29) is 10.6 Å². The predicted octanol–water partition coefficient (Wildman–Crippen LogP) is 1.50. The van der Waals surface area contributed by atoms with E-state index in [4.69, 9.17) is 0 Å². The highest BCUT2D eigenvalue weighted by atomic mass is 16.6. The van der Waals surface area contributed by atoms with Gasteiger partial charge in [-0.3, -0.25) is 10.1 Å². The summed E-state index contributed by atoms with van der Waals surface area (Å²) in [7, 11) is 0. The van der Waals surface area contributed by atoms with E-state index in [9.17, 15) is 10.1 Å². The van der Waals surface area contributed by atoms with Gasteiger partial charge in [-0.15, -0.1) is 0 Å². The van der Waals surface area contributed by atoms with Gasteiger partial charge in [-0.1, -0.05) is 12.1 Å². The third kappa shape index (κ3) is 1.90. The van der Waals surface area contributed by atoms with E-state index in [2.05, 4.69) is 5.32 Å². The van der Waals surface area contributed by atoms with Crippen molar-refractivity contribution in [1.82, 2.24) is 5.32 Å². The molecule has 1 aliphatic heterocycles. The van der Waals surface area contributed by atoms with Crippen molar-refractivity contribution < 1.29 is 4.92 Å². The van der Waals surface area contributed by atoms with E-state index in [1.165, 1.54) is 6.42 Å². The Morgan fingerprint density at radius 1 is 1.43 bits per heavy atom. The van der Waals surface area contributed by atoms with Gasteiger partial charge in [-0.25, -0.2) is 0 Å². The highest BCUT2D eigenvalue weighted by Gasteiger charge is 2.16. The fraction of sp³-hybridized carbons (Fsp3) is 0.400. The molecule has 1 heterocycles. The quantitative estimate of drug-likeness (QED) is 0.583. The van der Waals surface area contributed by atoms with E-state index in [0.717, 1.165) is 18.5 Å². The van der Waals surface area contributed by atoms with Crippen LogP contribution in [0.15, 0.2) is 24.3 Å². The molecule has 1 aromatic carbocycles. The molecule has 0 bridgehead atoms. The van der Waals surface area contributed by atoms with Crippen molar-refractivity contribution in [1.29, 1.82) is 0 Å². The van der Waals surface area contributed by atoms with Gasteiger partial charge in [0.1, 0.15) is 0 Å². The summed E-state index contributed by atoms with van der Waals surface area (Å²) in [6, 6.07) is 7.36. The van der Waals surface area contributed by atoms with Crippen LogP contribution in [0.2, 0.25) is 0 Å². The topological polar surface area (TPSA) is 55.2 Å². The highest BCUT2D eigenvalue weighted by molar-refractivity contribution is 5.33. The largest absolute Gasteiger partial charge is 0.314 e.